The summed E-state index contributed by atoms with van der Waals surface area (Å²) in [6.07, 6.45) is 1.16. The van der Waals surface area contributed by atoms with Gasteiger partial charge in [-0.25, -0.2) is 14.8 Å². The van der Waals surface area contributed by atoms with Crippen LogP contribution >= 0.6 is 0 Å². The summed E-state index contributed by atoms with van der Waals surface area (Å²) in [5.41, 5.74) is 8.94. The van der Waals surface area contributed by atoms with Gasteiger partial charge in [0.1, 0.15) is 6.04 Å². The van der Waals surface area contributed by atoms with Gasteiger partial charge in [0, 0.05) is 24.2 Å². The number of H-pyrrole nitrogens is 1. The van der Waals surface area contributed by atoms with E-state index in [0.717, 1.165) is 0 Å². The first-order valence-electron chi connectivity index (χ1n) is 10.6. The van der Waals surface area contributed by atoms with Gasteiger partial charge in [-0.2, -0.15) is 10.5 Å². The number of aromatic amines is 1. The molecule has 0 saturated heterocycles. The molecular formula is C21H24N8O6. The van der Waals surface area contributed by atoms with Crippen molar-refractivity contribution in [2.24, 2.45) is 0 Å². The van der Waals surface area contributed by atoms with E-state index in [1.807, 2.05) is 0 Å². The molecule has 184 valence electrons. The van der Waals surface area contributed by atoms with Crippen LogP contribution in [0.25, 0.3) is 11.2 Å². The molecule has 7 N–H and O–H groups in total. The number of carbonyl (C=O) groups is 3. The third-order valence-electron chi connectivity index (χ3n) is 4.68. The first-order chi connectivity index (χ1) is 16.8. The molecule has 3 rings (SSSR count). The highest BCUT2D eigenvalue weighted by Gasteiger charge is 2.22. The van der Waals surface area contributed by atoms with Gasteiger partial charge in [-0.3, -0.25) is 19.4 Å². The Morgan fingerprint density at radius 3 is 2.63 bits per heavy atom. The van der Waals surface area contributed by atoms with Crippen LogP contribution in [-0.4, -0.2) is 55.5 Å². The van der Waals surface area contributed by atoms with Crippen LogP contribution in [0.3, 0.4) is 0 Å². The molecule has 2 aromatic heterocycles. The monoisotopic (exact) mass is 484 g/mol. The summed E-state index contributed by atoms with van der Waals surface area (Å²) in [6.45, 7) is 2.39. The summed E-state index contributed by atoms with van der Waals surface area (Å²) in [5, 5.41) is 14.8. The number of nitrogens with one attached hydrogen (secondary N) is 4. The summed E-state index contributed by atoms with van der Waals surface area (Å²) in [4.78, 5) is 66.7. The average Bonchev–Trinajstić information content (AvgIpc) is 2.84. The van der Waals surface area contributed by atoms with Gasteiger partial charge < -0.3 is 26.3 Å². The molecule has 0 radical (unpaired) electrons. The van der Waals surface area contributed by atoms with E-state index in [2.05, 4.69) is 40.9 Å². The summed E-state index contributed by atoms with van der Waals surface area (Å²) in [7, 11) is 0. The Hall–Kier alpha value is -4.59. The highest BCUT2D eigenvalue weighted by Crippen LogP contribution is 2.12. The molecule has 1 amide bonds. The number of benzene rings is 1. The molecule has 0 aliphatic carbocycles. The molecule has 0 spiro atoms. The number of hydrogen-bond donors (Lipinski definition) is 6. The van der Waals surface area contributed by atoms with Crippen LogP contribution in [0.4, 0.5) is 11.6 Å². The van der Waals surface area contributed by atoms with E-state index in [-0.39, 0.29) is 42.1 Å². The zero-order chi connectivity index (χ0) is 25.4. The normalized spacial score (nSPS) is 11.6. The molecule has 0 aliphatic rings. The fraction of sp³-hybridized carbons (Fsp3) is 0.286. The maximum absolute atomic E-state index is 12.5. The van der Waals surface area contributed by atoms with Gasteiger partial charge in [0.15, 0.2) is 11.2 Å². The molecule has 2 heterocycles. The van der Waals surface area contributed by atoms with Crippen molar-refractivity contribution in [2.75, 3.05) is 17.6 Å². The minimum absolute atomic E-state index is 0.0479. The summed E-state index contributed by atoms with van der Waals surface area (Å²) in [5.74, 6) is -2.53. The van der Waals surface area contributed by atoms with E-state index in [9.17, 15) is 24.3 Å². The van der Waals surface area contributed by atoms with Crippen molar-refractivity contribution in [1.29, 1.82) is 0 Å². The number of aromatic nitrogens is 4. The first kappa shape index (κ1) is 25.0. The number of fused-ring (bicyclic) bond motifs is 1. The summed E-state index contributed by atoms with van der Waals surface area (Å²) >= 11 is 0. The number of aliphatic carboxylic acids is 1. The number of nitrogen functional groups attached to an aromatic ring is 1. The first-order valence-corrected chi connectivity index (χ1v) is 10.6. The lowest BCUT2D eigenvalue weighted by molar-refractivity contribution is -0.151. The minimum Gasteiger partial charge on any atom is -0.480 e. The smallest absolute Gasteiger partial charge is 0.326 e. The Kier molecular flexibility index (Phi) is 8.24. The molecule has 1 aromatic carbocycles. The lowest BCUT2D eigenvalue weighted by Gasteiger charge is -2.14. The Bertz CT molecular complexity index is 1280. The molecule has 0 bridgehead atoms. The third kappa shape index (κ3) is 6.94. The van der Waals surface area contributed by atoms with E-state index in [4.69, 9.17) is 5.73 Å². The molecular weight excluding hydrogens is 460 g/mol. The fourth-order valence-corrected chi connectivity index (χ4v) is 2.95. The number of carbonyl (C=O) groups excluding carboxylic acids is 2. The number of anilines is 2. The second-order valence-electron chi connectivity index (χ2n) is 7.29. The van der Waals surface area contributed by atoms with Crippen LogP contribution in [0.15, 0.2) is 35.3 Å². The molecule has 3 aromatic rings. The van der Waals surface area contributed by atoms with E-state index in [1.54, 1.807) is 19.1 Å². The van der Waals surface area contributed by atoms with Crippen LogP contribution in [0, 0.1) is 0 Å². The van der Waals surface area contributed by atoms with Crippen molar-refractivity contribution in [1.82, 2.24) is 30.7 Å². The minimum atomic E-state index is -1.26. The lowest BCUT2D eigenvalue weighted by Crippen LogP contribution is -2.41. The second kappa shape index (κ2) is 11.5. The maximum Gasteiger partial charge on any atom is 0.326 e. The Morgan fingerprint density at radius 2 is 1.94 bits per heavy atom. The number of carboxylic acids is 1. The number of hydrogen-bond acceptors (Lipinski definition) is 11. The molecule has 1 atom stereocenters. The van der Waals surface area contributed by atoms with Crippen LogP contribution in [0.5, 0.6) is 0 Å². The highest BCUT2D eigenvalue weighted by atomic mass is 16.7. The summed E-state index contributed by atoms with van der Waals surface area (Å²) < 4.78 is 0. The topological polar surface area (TPSA) is 214 Å². The van der Waals surface area contributed by atoms with Crippen molar-refractivity contribution in [3.63, 3.8) is 0 Å². The summed E-state index contributed by atoms with van der Waals surface area (Å²) in [6, 6.07) is 5.03. The Morgan fingerprint density at radius 1 is 1.20 bits per heavy atom. The largest absolute Gasteiger partial charge is 0.480 e. The number of nitrogens with two attached hydrogens (primary N) is 1. The predicted molar refractivity (Wildman–Crippen MR) is 124 cm³/mol. The number of nitrogens with zero attached hydrogens (tertiary/aromatic N) is 3. The number of carboxylic acid groups (broad SMARTS) is 1. The van der Waals surface area contributed by atoms with Crippen LogP contribution in [0.2, 0.25) is 0 Å². The van der Waals surface area contributed by atoms with Crippen LogP contribution < -0.4 is 27.4 Å². The van der Waals surface area contributed by atoms with Crippen molar-refractivity contribution in [3.8, 4) is 0 Å². The Labute approximate surface area is 198 Å². The van der Waals surface area contributed by atoms with Gasteiger partial charge in [-0.15, -0.1) is 0 Å². The van der Waals surface area contributed by atoms with E-state index in [1.165, 1.54) is 18.3 Å². The fourth-order valence-electron chi connectivity index (χ4n) is 2.95. The van der Waals surface area contributed by atoms with Gasteiger partial charge in [-0.1, -0.05) is 0 Å². The van der Waals surface area contributed by atoms with E-state index >= 15 is 0 Å². The van der Waals surface area contributed by atoms with E-state index < -0.39 is 29.4 Å². The maximum atomic E-state index is 12.5. The van der Waals surface area contributed by atoms with Gasteiger partial charge in [0.05, 0.1) is 18.4 Å². The SMILES string of the molecule is CCNOC(=O)CC[C@H](NC(=O)c1ccc(NCc2cnc3nc(N)[nH]c(=O)c3n2)cc1)C(=O)O. The zero-order valence-corrected chi connectivity index (χ0v) is 18.7. The molecule has 0 fully saturated rings. The molecule has 0 aliphatic heterocycles. The van der Waals surface area contributed by atoms with Gasteiger partial charge >= 0.3 is 11.9 Å². The molecule has 0 unspecified atom stereocenters. The molecule has 35 heavy (non-hydrogen) atoms. The quantitative estimate of drug-likeness (QED) is 0.197. The predicted octanol–water partition coefficient (Wildman–Crippen LogP) is -0.0617. The van der Waals surface area contributed by atoms with Crippen molar-refractivity contribution >= 4 is 40.6 Å². The van der Waals surface area contributed by atoms with Crippen LogP contribution in [-0.2, 0) is 21.0 Å². The molecule has 0 saturated carbocycles. The highest BCUT2D eigenvalue weighted by molar-refractivity contribution is 5.97. The number of hydroxylamine groups is 1. The average molecular weight is 484 g/mol. The van der Waals surface area contributed by atoms with Gasteiger partial charge in [0.2, 0.25) is 5.95 Å². The zero-order valence-electron chi connectivity index (χ0n) is 18.7. The Balaban J connectivity index is 1.57. The van der Waals surface area contributed by atoms with Crippen LogP contribution in [0.1, 0.15) is 35.8 Å². The van der Waals surface area contributed by atoms with Gasteiger partial charge in [0.25, 0.3) is 11.5 Å². The van der Waals surface area contributed by atoms with Crippen molar-refractivity contribution in [3.05, 3.63) is 52.1 Å². The third-order valence-corrected chi connectivity index (χ3v) is 4.68. The molecule has 14 heteroatoms. The standard InChI is InChI=1S/C21H24N8O6/c1-2-25-35-15(30)8-7-14(20(33)34)27-18(31)11-3-5-12(6-4-11)23-9-13-10-24-17-16(26-13)19(32)29-21(22)28-17/h3-6,10,14,23,25H,2,7-9H2,1H3,(H,27,31)(H,33,34)(H3,22,24,28,29,32)/t14-/m0/s1. The number of amides is 1. The van der Waals surface area contributed by atoms with Gasteiger partial charge in [-0.05, 0) is 37.6 Å². The van der Waals surface area contributed by atoms with Crippen molar-refractivity contribution < 1.29 is 24.3 Å². The van der Waals surface area contributed by atoms with E-state index in [0.29, 0.717) is 17.9 Å². The molecule has 14 nitrogen and oxygen atoms in total. The second-order valence-corrected chi connectivity index (χ2v) is 7.29. The lowest BCUT2D eigenvalue weighted by atomic mass is 10.1. The van der Waals surface area contributed by atoms with Crippen molar-refractivity contribution in [2.45, 2.75) is 32.4 Å². The number of rotatable bonds is 11.